The van der Waals surface area contributed by atoms with Crippen molar-refractivity contribution in [3.05, 3.63) is 53.7 Å². The number of carbonyl (C=O) groups is 1. The Bertz CT molecular complexity index is 882. The molecule has 1 unspecified atom stereocenters. The highest BCUT2D eigenvalue weighted by Gasteiger charge is 2.14. The van der Waals surface area contributed by atoms with Crippen LogP contribution < -0.4 is 5.32 Å². The zero-order valence-corrected chi connectivity index (χ0v) is 15.0. The Morgan fingerprint density at radius 1 is 1.16 bits per heavy atom. The molecule has 1 N–H and O–H groups in total. The molecule has 25 heavy (non-hydrogen) atoms. The van der Waals surface area contributed by atoms with Crippen molar-refractivity contribution >= 4 is 17.1 Å². The van der Waals surface area contributed by atoms with E-state index in [2.05, 4.69) is 34.1 Å². The third-order valence-electron chi connectivity index (χ3n) is 4.06. The molecular formula is C19H23N5O. The lowest BCUT2D eigenvalue weighted by atomic mass is 10.1. The zero-order chi connectivity index (χ0) is 18.0. The minimum absolute atomic E-state index is 0.130. The molecule has 0 saturated carbocycles. The SMILES string of the molecule is Cc1ccc(C(C)NC(=O)c2cnc3c(c2)ncn3CC(C)C)cn1. The molecule has 3 aromatic heterocycles. The summed E-state index contributed by atoms with van der Waals surface area (Å²) in [7, 11) is 0. The normalized spacial score (nSPS) is 12.5. The van der Waals surface area contributed by atoms with Gasteiger partial charge < -0.3 is 9.88 Å². The lowest BCUT2D eigenvalue weighted by Crippen LogP contribution is -2.26. The predicted molar refractivity (Wildman–Crippen MR) is 97.2 cm³/mol. The van der Waals surface area contributed by atoms with E-state index >= 15 is 0 Å². The number of hydrogen-bond donors (Lipinski definition) is 1. The zero-order valence-electron chi connectivity index (χ0n) is 15.0. The number of amides is 1. The van der Waals surface area contributed by atoms with Crippen molar-refractivity contribution in [2.24, 2.45) is 5.92 Å². The summed E-state index contributed by atoms with van der Waals surface area (Å²) in [6, 6.07) is 5.57. The molecule has 3 heterocycles. The average molecular weight is 337 g/mol. The first kappa shape index (κ1) is 17.1. The molecular weight excluding hydrogens is 314 g/mol. The number of aromatic nitrogens is 4. The lowest BCUT2D eigenvalue weighted by molar-refractivity contribution is 0.0939. The summed E-state index contributed by atoms with van der Waals surface area (Å²) in [6.45, 7) is 9.02. The van der Waals surface area contributed by atoms with E-state index in [4.69, 9.17) is 0 Å². The third-order valence-corrected chi connectivity index (χ3v) is 4.06. The standard InChI is InChI=1S/C19H23N5O/c1-12(2)10-24-11-22-17-7-16(9-21-18(17)24)19(25)23-14(4)15-6-5-13(3)20-8-15/h5-9,11-12,14H,10H2,1-4H3,(H,23,25). The summed E-state index contributed by atoms with van der Waals surface area (Å²) >= 11 is 0. The summed E-state index contributed by atoms with van der Waals surface area (Å²) in [5, 5.41) is 2.98. The van der Waals surface area contributed by atoms with Gasteiger partial charge in [0.05, 0.1) is 17.9 Å². The van der Waals surface area contributed by atoms with Crippen LogP contribution in [-0.2, 0) is 6.54 Å². The highest BCUT2D eigenvalue weighted by molar-refractivity contribution is 5.96. The molecule has 6 heteroatoms. The van der Waals surface area contributed by atoms with Crippen LogP contribution in [0, 0.1) is 12.8 Å². The Morgan fingerprint density at radius 3 is 2.64 bits per heavy atom. The van der Waals surface area contributed by atoms with Crippen molar-refractivity contribution in [1.82, 2.24) is 24.8 Å². The quantitative estimate of drug-likeness (QED) is 0.775. The van der Waals surface area contributed by atoms with E-state index in [1.54, 1.807) is 24.8 Å². The van der Waals surface area contributed by atoms with Gasteiger partial charge in [0.25, 0.3) is 5.91 Å². The van der Waals surface area contributed by atoms with Crippen molar-refractivity contribution in [1.29, 1.82) is 0 Å². The molecule has 0 aliphatic heterocycles. The fourth-order valence-electron chi connectivity index (χ4n) is 2.70. The number of fused-ring (bicyclic) bond motifs is 1. The number of nitrogens with zero attached hydrogens (tertiary/aromatic N) is 4. The van der Waals surface area contributed by atoms with Gasteiger partial charge in [-0.3, -0.25) is 9.78 Å². The second-order valence-electron chi connectivity index (χ2n) is 6.79. The molecule has 1 atom stereocenters. The second kappa shape index (κ2) is 7.01. The van der Waals surface area contributed by atoms with Crippen molar-refractivity contribution in [2.75, 3.05) is 0 Å². The van der Waals surface area contributed by atoms with Crippen LogP contribution in [0.2, 0.25) is 0 Å². The number of hydrogen-bond acceptors (Lipinski definition) is 4. The van der Waals surface area contributed by atoms with Crippen LogP contribution in [0.4, 0.5) is 0 Å². The minimum Gasteiger partial charge on any atom is -0.345 e. The molecule has 0 radical (unpaired) electrons. The van der Waals surface area contributed by atoms with Crippen molar-refractivity contribution in [2.45, 2.75) is 40.3 Å². The fourth-order valence-corrected chi connectivity index (χ4v) is 2.70. The van der Waals surface area contributed by atoms with E-state index in [-0.39, 0.29) is 11.9 Å². The molecule has 3 rings (SSSR count). The molecule has 1 amide bonds. The summed E-state index contributed by atoms with van der Waals surface area (Å²) < 4.78 is 2.02. The molecule has 3 aromatic rings. The van der Waals surface area contributed by atoms with E-state index < -0.39 is 0 Å². The van der Waals surface area contributed by atoms with Gasteiger partial charge in [0.15, 0.2) is 5.65 Å². The van der Waals surface area contributed by atoms with Gasteiger partial charge in [-0.25, -0.2) is 9.97 Å². The number of imidazole rings is 1. The Balaban J connectivity index is 1.76. The topological polar surface area (TPSA) is 72.7 Å². The van der Waals surface area contributed by atoms with Gasteiger partial charge in [-0.1, -0.05) is 19.9 Å². The average Bonchev–Trinajstić information content (AvgIpc) is 2.97. The van der Waals surface area contributed by atoms with E-state index in [1.807, 2.05) is 30.5 Å². The van der Waals surface area contributed by atoms with Gasteiger partial charge in [0, 0.05) is 24.6 Å². The smallest absolute Gasteiger partial charge is 0.253 e. The summed E-state index contributed by atoms with van der Waals surface area (Å²) in [5.74, 6) is 0.340. The first-order chi connectivity index (χ1) is 11.9. The molecule has 0 aliphatic rings. The molecule has 0 saturated heterocycles. The Hall–Kier alpha value is -2.76. The van der Waals surface area contributed by atoms with Gasteiger partial charge in [-0.05, 0) is 37.5 Å². The number of carbonyl (C=O) groups excluding carboxylic acids is 1. The molecule has 6 nitrogen and oxygen atoms in total. The van der Waals surface area contributed by atoms with Crippen LogP contribution in [0.5, 0.6) is 0 Å². The second-order valence-corrected chi connectivity index (χ2v) is 6.79. The highest BCUT2D eigenvalue weighted by Crippen LogP contribution is 2.16. The molecule has 0 bridgehead atoms. The van der Waals surface area contributed by atoms with E-state index in [1.165, 1.54) is 0 Å². The van der Waals surface area contributed by atoms with Crippen LogP contribution in [0.15, 0.2) is 36.9 Å². The largest absolute Gasteiger partial charge is 0.345 e. The van der Waals surface area contributed by atoms with Crippen LogP contribution in [0.3, 0.4) is 0 Å². The third kappa shape index (κ3) is 3.84. The van der Waals surface area contributed by atoms with Crippen LogP contribution in [-0.4, -0.2) is 25.4 Å². The Kier molecular flexibility index (Phi) is 4.79. The van der Waals surface area contributed by atoms with Crippen molar-refractivity contribution in [3.8, 4) is 0 Å². The number of aryl methyl sites for hydroxylation is 1. The summed E-state index contributed by atoms with van der Waals surface area (Å²) in [4.78, 5) is 25.6. The Labute approximate surface area is 147 Å². The van der Waals surface area contributed by atoms with Gasteiger partial charge in [0.1, 0.15) is 5.52 Å². The molecule has 0 aliphatic carbocycles. The molecule has 0 aromatic carbocycles. The van der Waals surface area contributed by atoms with E-state index in [9.17, 15) is 4.79 Å². The molecule has 0 fully saturated rings. The summed E-state index contributed by atoms with van der Waals surface area (Å²) in [5.41, 5.74) is 3.97. The first-order valence-electron chi connectivity index (χ1n) is 8.48. The summed E-state index contributed by atoms with van der Waals surface area (Å²) in [6.07, 6.45) is 5.17. The van der Waals surface area contributed by atoms with Gasteiger partial charge in [0.2, 0.25) is 0 Å². The fraction of sp³-hybridized carbons (Fsp3) is 0.368. The molecule has 130 valence electrons. The maximum atomic E-state index is 12.5. The van der Waals surface area contributed by atoms with Gasteiger partial charge in [-0.2, -0.15) is 0 Å². The number of nitrogens with one attached hydrogen (secondary N) is 1. The van der Waals surface area contributed by atoms with Crippen molar-refractivity contribution in [3.63, 3.8) is 0 Å². The highest BCUT2D eigenvalue weighted by atomic mass is 16.1. The number of pyridine rings is 2. The lowest BCUT2D eigenvalue weighted by Gasteiger charge is -2.14. The first-order valence-corrected chi connectivity index (χ1v) is 8.48. The number of rotatable bonds is 5. The van der Waals surface area contributed by atoms with Crippen molar-refractivity contribution < 1.29 is 4.79 Å². The van der Waals surface area contributed by atoms with E-state index in [0.717, 1.165) is 29.0 Å². The Morgan fingerprint density at radius 2 is 1.96 bits per heavy atom. The maximum absolute atomic E-state index is 12.5. The van der Waals surface area contributed by atoms with Crippen LogP contribution >= 0.6 is 0 Å². The minimum atomic E-state index is -0.166. The van der Waals surface area contributed by atoms with E-state index in [0.29, 0.717) is 11.5 Å². The van der Waals surface area contributed by atoms with Gasteiger partial charge >= 0.3 is 0 Å². The maximum Gasteiger partial charge on any atom is 0.253 e. The van der Waals surface area contributed by atoms with Crippen LogP contribution in [0.1, 0.15) is 48.4 Å². The molecule has 0 spiro atoms. The van der Waals surface area contributed by atoms with Crippen LogP contribution in [0.25, 0.3) is 11.2 Å². The predicted octanol–water partition coefficient (Wildman–Crippen LogP) is 3.28. The van der Waals surface area contributed by atoms with Gasteiger partial charge in [-0.15, -0.1) is 0 Å². The monoisotopic (exact) mass is 337 g/mol.